The van der Waals surface area contributed by atoms with Gasteiger partial charge < -0.3 is 14.2 Å². The Bertz CT molecular complexity index is 420. The van der Waals surface area contributed by atoms with Crippen LogP contribution in [0.1, 0.15) is 25.7 Å². The van der Waals surface area contributed by atoms with E-state index in [2.05, 4.69) is 0 Å². The molecule has 1 aliphatic carbocycles. The van der Waals surface area contributed by atoms with E-state index in [1.54, 1.807) is 20.3 Å². The molecular formula is C15H20O4. The number of carbonyl (C=O) groups is 1. The summed E-state index contributed by atoms with van der Waals surface area (Å²) >= 11 is 0. The van der Waals surface area contributed by atoms with Crippen LogP contribution in [0.3, 0.4) is 0 Å². The minimum Gasteiger partial charge on any atom is -0.496 e. The van der Waals surface area contributed by atoms with Crippen LogP contribution in [0.5, 0.6) is 17.2 Å². The zero-order valence-corrected chi connectivity index (χ0v) is 11.5. The molecule has 1 aliphatic rings. The van der Waals surface area contributed by atoms with Gasteiger partial charge in [0, 0.05) is 30.5 Å². The highest BCUT2D eigenvalue weighted by atomic mass is 16.5. The molecule has 0 heterocycles. The smallest absolute Gasteiger partial charge is 0.136 e. The third-order valence-electron chi connectivity index (χ3n) is 3.49. The number of ketones is 1. The number of carbonyl (C=O) groups excluding carboxylic acids is 1. The molecule has 104 valence electrons. The fourth-order valence-corrected chi connectivity index (χ4v) is 2.38. The summed E-state index contributed by atoms with van der Waals surface area (Å²) in [6.45, 7) is 0.548. The van der Waals surface area contributed by atoms with E-state index in [-0.39, 0.29) is 5.92 Å². The Balaban J connectivity index is 1.89. The molecule has 1 aromatic rings. The van der Waals surface area contributed by atoms with Crippen LogP contribution in [-0.4, -0.2) is 26.6 Å². The predicted molar refractivity (Wildman–Crippen MR) is 72.0 cm³/mol. The van der Waals surface area contributed by atoms with E-state index in [1.807, 2.05) is 12.1 Å². The quantitative estimate of drug-likeness (QED) is 0.792. The first kappa shape index (κ1) is 13.7. The molecule has 1 atom stereocenters. The maximum Gasteiger partial charge on any atom is 0.136 e. The van der Waals surface area contributed by atoms with Crippen LogP contribution in [0.15, 0.2) is 18.2 Å². The highest BCUT2D eigenvalue weighted by molar-refractivity contribution is 5.82. The van der Waals surface area contributed by atoms with Gasteiger partial charge in [0.15, 0.2) is 0 Å². The fourth-order valence-electron chi connectivity index (χ4n) is 2.38. The third-order valence-corrected chi connectivity index (χ3v) is 3.49. The first-order valence-electron chi connectivity index (χ1n) is 6.61. The molecule has 1 unspecified atom stereocenters. The summed E-state index contributed by atoms with van der Waals surface area (Å²) in [6, 6.07) is 5.44. The van der Waals surface area contributed by atoms with Gasteiger partial charge >= 0.3 is 0 Å². The third kappa shape index (κ3) is 3.63. The first-order chi connectivity index (χ1) is 9.22. The number of hydrogen-bond acceptors (Lipinski definition) is 4. The summed E-state index contributed by atoms with van der Waals surface area (Å²) in [5.74, 6) is 2.68. The van der Waals surface area contributed by atoms with Gasteiger partial charge in [-0.2, -0.15) is 0 Å². The average molecular weight is 264 g/mol. The second-order valence-corrected chi connectivity index (χ2v) is 4.74. The minimum absolute atomic E-state index is 0.188. The molecule has 0 N–H and O–H groups in total. The van der Waals surface area contributed by atoms with Crippen LogP contribution in [0.25, 0.3) is 0 Å². The Labute approximate surface area is 113 Å². The number of ether oxygens (including phenoxy) is 3. The molecule has 2 rings (SSSR count). The monoisotopic (exact) mass is 264 g/mol. The Hall–Kier alpha value is -1.71. The highest BCUT2D eigenvalue weighted by Crippen LogP contribution is 2.28. The SMILES string of the molecule is COc1cc(OC)cc(OCCC2CCCC2=O)c1. The molecule has 0 aromatic heterocycles. The lowest BCUT2D eigenvalue weighted by Gasteiger charge is -2.12. The molecule has 0 bridgehead atoms. The van der Waals surface area contributed by atoms with Crippen molar-refractivity contribution in [1.29, 1.82) is 0 Å². The molecular weight excluding hydrogens is 244 g/mol. The molecule has 4 heteroatoms. The molecule has 19 heavy (non-hydrogen) atoms. The Morgan fingerprint density at radius 3 is 2.26 bits per heavy atom. The van der Waals surface area contributed by atoms with Crippen molar-refractivity contribution in [1.82, 2.24) is 0 Å². The standard InChI is InChI=1S/C15H20O4/c1-17-12-8-13(18-2)10-14(9-12)19-7-6-11-4-3-5-15(11)16/h8-11H,3-7H2,1-2H3. The number of benzene rings is 1. The zero-order chi connectivity index (χ0) is 13.7. The summed E-state index contributed by atoms with van der Waals surface area (Å²) in [7, 11) is 3.21. The second-order valence-electron chi connectivity index (χ2n) is 4.74. The Morgan fingerprint density at radius 2 is 1.74 bits per heavy atom. The van der Waals surface area contributed by atoms with Gasteiger partial charge in [-0.15, -0.1) is 0 Å². The van der Waals surface area contributed by atoms with E-state index < -0.39 is 0 Å². The van der Waals surface area contributed by atoms with Gasteiger partial charge in [0.25, 0.3) is 0 Å². The summed E-state index contributed by atoms with van der Waals surface area (Å²) in [5.41, 5.74) is 0. The predicted octanol–water partition coefficient (Wildman–Crippen LogP) is 2.84. The van der Waals surface area contributed by atoms with E-state index in [4.69, 9.17) is 14.2 Å². The van der Waals surface area contributed by atoms with Crippen LogP contribution >= 0.6 is 0 Å². The summed E-state index contributed by atoms with van der Waals surface area (Å²) in [6.07, 6.45) is 3.55. The summed E-state index contributed by atoms with van der Waals surface area (Å²) < 4.78 is 16.0. The van der Waals surface area contributed by atoms with Crippen molar-refractivity contribution in [2.45, 2.75) is 25.7 Å². The van der Waals surface area contributed by atoms with Gasteiger partial charge in [-0.25, -0.2) is 0 Å². The fraction of sp³-hybridized carbons (Fsp3) is 0.533. The maximum atomic E-state index is 11.5. The lowest BCUT2D eigenvalue weighted by molar-refractivity contribution is -0.121. The maximum absolute atomic E-state index is 11.5. The van der Waals surface area contributed by atoms with E-state index >= 15 is 0 Å². The number of hydrogen-bond donors (Lipinski definition) is 0. The molecule has 0 spiro atoms. The summed E-state index contributed by atoms with van der Waals surface area (Å²) in [5, 5.41) is 0. The van der Waals surface area contributed by atoms with Crippen LogP contribution in [-0.2, 0) is 4.79 Å². The first-order valence-corrected chi connectivity index (χ1v) is 6.61. The lowest BCUT2D eigenvalue weighted by atomic mass is 10.0. The van der Waals surface area contributed by atoms with Gasteiger partial charge in [-0.05, 0) is 19.3 Å². The lowest BCUT2D eigenvalue weighted by Crippen LogP contribution is -2.11. The summed E-state index contributed by atoms with van der Waals surface area (Å²) in [4.78, 5) is 11.5. The zero-order valence-electron chi connectivity index (χ0n) is 11.5. The highest BCUT2D eigenvalue weighted by Gasteiger charge is 2.23. The largest absolute Gasteiger partial charge is 0.496 e. The van der Waals surface area contributed by atoms with Crippen molar-refractivity contribution in [2.24, 2.45) is 5.92 Å². The van der Waals surface area contributed by atoms with E-state index in [1.165, 1.54) is 0 Å². The van der Waals surface area contributed by atoms with Crippen molar-refractivity contribution < 1.29 is 19.0 Å². The second kappa shape index (κ2) is 6.45. The molecule has 0 aliphatic heterocycles. The normalized spacial score (nSPS) is 18.4. The van der Waals surface area contributed by atoms with Gasteiger partial charge in [-0.3, -0.25) is 4.79 Å². The van der Waals surface area contributed by atoms with Gasteiger partial charge in [0.2, 0.25) is 0 Å². The molecule has 0 saturated heterocycles. The molecule has 1 saturated carbocycles. The molecule has 4 nitrogen and oxygen atoms in total. The van der Waals surface area contributed by atoms with E-state index in [0.717, 1.165) is 25.7 Å². The van der Waals surface area contributed by atoms with Crippen molar-refractivity contribution >= 4 is 5.78 Å². The Kier molecular flexibility index (Phi) is 4.66. The van der Waals surface area contributed by atoms with Crippen LogP contribution in [0.4, 0.5) is 0 Å². The van der Waals surface area contributed by atoms with Crippen molar-refractivity contribution in [2.75, 3.05) is 20.8 Å². The molecule has 0 amide bonds. The van der Waals surface area contributed by atoms with Crippen LogP contribution in [0.2, 0.25) is 0 Å². The van der Waals surface area contributed by atoms with Crippen molar-refractivity contribution in [3.8, 4) is 17.2 Å². The number of Topliss-reactive ketones (excluding diaryl/α,β-unsaturated/α-hetero) is 1. The van der Waals surface area contributed by atoms with Gasteiger partial charge in [0.1, 0.15) is 23.0 Å². The molecule has 0 radical (unpaired) electrons. The van der Waals surface area contributed by atoms with Crippen molar-refractivity contribution in [3.63, 3.8) is 0 Å². The van der Waals surface area contributed by atoms with Gasteiger partial charge in [0.05, 0.1) is 20.8 Å². The number of rotatable bonds is 6. The average Bonchev–Trinajstić information content (AvgIpc) is 2.84. The molecule has 1 aromatic carbocycles. The van der Waals surface area contributed by atoms with Crippen LogP contribution < -0.4 is 14.2 Å². The minimum atomic E-state index is 0.188. The molecule has 1 fully saturated rings. The van der Waals surface area contributed by atoms with Gasteiger partial charge in [-0.1, -0.05) is 0 Å². The Morgan fingerprint density at radius 1 is 1.11 bits per heavy atom. The van der Waals surface area contributed by atoms with Crippen LogP contribution in [0, 0.1) is 5.92 Å². The topological polar surface area (TPSA) is 44.8 Å². The van der Waals surface area contributed by atoms with E-state index in [9.17, 15) is 4.79 Å². The van der Waals surface area contributed by atoms with E-state index in [0.29, 0.717) is 29.6 Å². The number of methoxy groups -OCH3 is 2. The van der Waals surface area contributed by atoms with Crippen molar-refractivity contribution in [3.05, 3.63) is 18.2 Å².